The summed E-state index contributed by atoms with van der Waals surface area (Å²) < 4.78 is 20.2. The van der Waals surface area contributed by atoms with Gasteiger partial charge >= 0.3 is 0 Å². The molecular formula is C31H45N5O3Si. The van der Waals surface area contributed by atoms with Crippen LogP contribution in [0.25, 0.3) is 0 Å². The highest BCUT2D eigenvalue weighted by molar-refractivity contribution is 6.74. The molecule has 0 amide bonds. The van der Waals surface area contributed by atoms with Gasteiger partial charge in [0.25, 0.3) is 0 Å². The molecule has 0 aliphatic carbocycles. The van der Waals surface area contributed by atoms with Crippen molar-refractivity contribution in [1.82, 2.24) is 25.1 Å². The smallest absolute Gasteiger partial charge is 0.192 e. The molecule has 0 saturated carbocycles. The van der Waals surface area contributed by atoms with Crippen molar-refractivity contribution in [1.29, 1.82) is 0 Å². The zero-order chi connectivity index (χ0) is 28.4. The van der Waals surface area contributed by atoms with Crippen LogP contribution in [0, 0.1) is 0 Å². The Morgan fingerprint density at radius 3 is 2.35 bits per heavy atom. The van der Waals surface area contributed by atoms with E-state index in [1.165, 1.54) is 11.1 Å². The molecule has 2 fully saturated rings. The first-order chi connectivity index (χ1) is 19.2. The van der Waals surface area contributed by atoms with Crippen LogP contribution in [0.3, 0.4) is 0 Å². The molecule has 5 rings (SSSR count). The topological polar surface area (TPSA) is 74.5 Å². The van der Waals surface area contributed by atoms with Crippen LogP contribution in [0.5, 0.6) is 0 Å². The van der Waals surface area contributed by atoms with Gasteiger partial charge in [0.2, 0.25) is 0 Å². The number of fused-ring (bicyclic) bond motifs is 2. The van der Waals surface area contributed by atoms with Crippen molar-refractivity contribution in [3.8, 4) is 0 Å². The Kier molecular flexibility index (Phi) is 8.59. The van der Waals surface area contributed by atoms with Gasteiger partial charge in [-0.3, -0.25) is 4.90 Å². The van der Waals surface area contributed by atoms with Gasteiger partial charge in [0.1, 0.15) is 6.73 Å². The van der Waals surface area contributed by atoms with E-state index < -0.39 is 8.32 Å². The molecule has 40 heavy (non-hydrogen) atoms. The minimum absolute atomic E-state index is 0.0723. The first kappa shape index (κ1) is 29.1. The number of benzene rings is 2. The van der Waals surface area contributed by atoms with Crippen molar-refractivity contribution in [2.75, 3.05) is 20.3 Å². The van der Waals surface area contributed by atoms with E-state index in [9.17, 15) is 0 Å². The van der Waals surface area contributed by atoms with E-state index in [0.717, 1.165) is 31.6 Å². The second-order valence-electron chi connectivity index (χ2n) is 12.8. The highest BCUT2D eigenvalue weighted by Crippen LogP contribution is 2.58. The Labute approximate surface area is 240 Å². The molecule has 0 unspecified atom stereocenters. The number of aromatic nitrogens is 4. The fourth-order valence-corrected chi connectivity index (χ4v) is 7.76. The van der Waals surface area contributed by atoms with Crippen molar-refractivity contribution in [2.24, 2.45) is 0 Å². The van der Waals surface area contributed by atoms with Gasteiger partial charge in [0.05, 0.1) is 24.9 Å². The third-order valence-electron chi connectivity index (χ3n) is 9.41. The summed E-state index contributed by atoms with van der Waals surface area (Å²) in [4.78, 5) is 2.73. The minimum Gasteiger partial charge on any atom is -0.412 e. The predicted octanol–water partition coefficient (Wildman–Crippen LogP) is 5.73. The summed E-state index contributed by atoms with van der Waals surface area (Å²) in [7, 11) is -0.384. The number of hydrogen-bond acceptors (Lipinski definition) is 7. The first-order valence-electron chi connectivity index (χ1n) is 14.5. The highest BCUT2D eigenvalue weighted by Gasteiger charge is 2.62. The molecule has 3 heterocycles. The van der Waals surface area contributed by atoms with Crippen LogP contribution >= 0.6 is 0 Å². The lowest BCUT2D eigenvalue weighted by Crippen LogP contribution is -2.60. The molecule has 8 nitrogen and oxygen atoms in total. The van der Waals surface area contributed by atoms with Crippen LogP contribution in [0.15, 0.2) is 60.7 Å². The molecule has 2 bridgehead atoms. The number of tetrazole rings is 1. The summed E-state index contributed by atoms with van der Waals surface area (Å²) in [5.74, 6) is 1.05. The normalized spacial score (nSPS) is 25.4. The summed E-state index contributed by atoms with van der Waals surface area (Å²) in [6.45, 7) is 14.0. The Morgan fingerprint density at radius 1 is 0.975 bits per heavy atom. The molecule has 0 spiro atoms. The van der Waals surface area contributed by atoms with E-state index in [4.69, 9.17) is 13.9 Å². The van der Waals surface area contributed by atoms with Crippen LogP contribution in [0.2, 0.25) is 18.1 Å². The van der Waals surface area contributed by atoms with Crippen molar-refractivity contribution in [3.05, 3.63) is 77.6 Å². The fourth-order valence-electron chi connectivity index (χ4n) is 6.39. The highest BCUT2D eigenvalue weighted by atomic mass is 28.4. The van der Waals surface area contributed by atoms with Crippen LogP contribution in [-0.2, 0) is 32.7 Å². The maximum Gasteiger partial charge on any atom is 0.192 e. The number of rotatable bonds is 11. The van der Waals surface area contributed by atoms with E-state index >= 15 is 0 Å². The van der Waals surface area contributed by atoms with Crippen LogP contribution in [0.4, 0.5) is 0 Å². The average Bonchev–Trinajstić information content (AvgIpc) is 3.48. The SMILES string of the molecule is COCCOCn1nnnc1[C@H]1C[C@@]2(c3ccccc3)[C@H](O[Si](C)(C)C(C)(C)C)CC[C@@H]1N2Cc1ccccc1. The third kappa shape index (κ3) is 5.54. The summed E-state index contributed by atoms with van der Waals surface area (Å²) >= 11 is 0. The van der Waals surface area contributed by atoms with Crippen molar-refractivity contribution >= 4 is 8.32 Å². The molecule has 2 saturated heterocycles. The Bertz CT molecular complexity index is 1230. The van der Waals surface area contributed by atoms with E-state index in [2.05, 4.69) is 115 Å². The van der Waals surface area contributed by atoms with Crippen molar-refractivity contribution < 1.29 is 13.9 Å². The largest absolute Gasteiger partial charge is 0.412 e. The molecule has 4 atom stereocenters. The molecule has 2 aliphatic rings. The standard InChI is InChI=1S/C31H45N5O3Si/c1-30(2,3)40(5,6)39-28-18-17-27-26(29-32-33-34-36(29)23-38-20-19-37-4)21-31(28,25-15-11-8-12-16-25)35(27)22-24-13-9-7-10-14-24/h7-16,26-28H,17-23H2,1-6H3/t26-,27-,28+,31+/m0/s1. The van der Waals surface area contributed by atoms with Gasteiger partial charge in [-0.2, -0.15) is 0 Å². The van der Waals surface area contributed by atoms with Gasteiger partial charge in [0.15, 0.2) is 14.1 Å². The zero-order valence-electron chi connectivity index (χ0n) is 24.9. The van der Waals surface area contributed by atoms with Crippen LogP contribution in [-0.4, -0.2) is 65.9 Å². The van der Waals surface area contributed by atoms with Gasteiger partial charge in [-0.15, -0.1) is 5.10 Å². The summed E-state index contributed by atoms with van der Waals surface area (Å²) in [5, 5.41) is 13.2. The molecule has 2 aliphatic heterocycles. The number of methoxy groups -OCH3 is 1. The lowest BCUT2D eigenvalue weighted by molar-refractivity contribution is -0.0601. The molecular weight excluding hydrogens is 518 g/mol. The maximum atomic E-state index is 7.39. The lowest BCUT2D eigenvalue weighted by Gasteiger charge is -2.53. The summed E-state index contributed by atoms with van der Waals surface area (Å²) in [6.07, 6.45) is 3.01. The molecule has 0 radical (unpaired) electrons. The van der Waals surface area contributed by atoms with Crippen molar-refractivity contribution in [2.45, 2.75) is 95.0 Å². The van der Waals surface area contributed by atoms with Gasteiger partial charge in [-0.25, -0.2) is 4.68 Å². The quantitative estimate of drug-likeness (QED) is 0.218. The van der Waals surface area contributed by atoms with Crippen LogP contribution < -0.4 is 0 Å². The number of ether oxygens (including phenoxy) is 2. The molecule has 2 aromatic carbocycles. The number of nitrogens with zero attached hydrogens (tertiary/aromatic N) is 5. The maximum absolute atomic E-state index is 7.39. The Hall–Kier alpha value is -2.43. The molecule has 9 heteroatoms. The molecule has 0 N–H and O–H groups in total. The van der Waals surface area contributed by atoms with E-state index in [1.807, 2.05) is 4.68 Å². The average molecular weight is 564 g/mol. The lowest BCUT2D eigenvalue weighted by atomic mass is 9.78. The van der Waals surface area contributed by atoms with Gasteiger partial charge in [0, 0.05) is 25.6 Å². The third-order valence-corrected chi connectivity index (χ3v) is 13.9. The summed E-state index contributed by atoms with van der Waals surface area (Å²) in [6, 6.07) is 22.1. The van der Waals surface area contributed by atoms with E-state index in [0.29, 0.717) is 19.9 Å². The van der Waals surface area contributed by atoms with Gasteiger partial charge in [-0.05, 0) is 58.9 Å². The monoisotopic (exact) mass is 563 g/mol. The molecule has 216 valence electrons. The first-order valence-corrected chi connectivity index (χ1v) is 17.4. The van der Waals surface area contributed by atoms with Crippen molar-refractivity contribution in [3.63, 3.8) is 0 Å². The van der Waals surface area contributed by atoms with Crippen LogP contribution in [0.1, 0.15) is 62.9 Å². The number of piperidine rings is 1. The summed E-state index contributed by atoms with van der Waals surface area (Å²) in [5.41, 5.74) is 2.33. The Balaban J connectivity index is 1.59. The molecule has 3 aromatic rings. The predicted molar refractivity (Wildman–Crippen MR) is 158 cm³/mol. The molecule has 1 aromatic heterocycles. The van der Waals surface area contributed by atoms with Gasteiger partial charge in [-0.1, -0.05) is 81.4 Å². The van der Waals surface area contributed by atoms with E-state index in [-0.39, 0.29) is 28.6 Å². The van der Waals surface area contributed by atoms with E-state index in [1.54, 1.807) is 7.11 Å². The fraction of sp³-hybridized carbons (Fsp3) is 0.581. The zero-order valence-corrected chi connectivity index (χ0v) is 25.9. The Morgan fingerprint density at radius 2 is 1.68 bits per heavy atom. The minimum atomic E-state index is -2.06. The second kappa shape index (κ2) is 11.8. The van der Waals surface area contributed by atoms with Gasteiger partial charge < -0.3 is 13.9 Å². The second-order valence-corrected chi connectivity index (χ2v) is 17.5. The number of hydrogen-bond donors (Lipinski definition) is 0.